The number of hydrogen-bond acceptors (Lipinski definition) is 7. The highest BCUT2D eigenvalue weighted by molar-refractivity contribution is 6.39. The SMILES string of the molecule is COC(=O)c1ccc(N2C(=O)NC(=O)/C(=C/c3cccc(OCC(N)=O)c3)C2=O)cc1. The molecule has 5 amide bonds. The molecule has 1 fully saturated rings. The number of carbonyl (C=O) groups excluding carboxylic acids is 5. The van der Waals surface area contributed by atoms with Gasteiger partial charge in [-0.2, -0.15) is 0 Å². The molecule has 0 radical (unpaired) electrons. The summed E-state index contributed by atoms with van der Waals surface area (Å²) in [6.45, 7) is -0.330. The standard InChI is InChI=1S/C21H17N3O7/c1-30-20(28)13-5-7-14(8-6-13)24-19(27)16(18(26)23-21(24)29)10-12-3-2-4-15(9-12)31-11-17(22)25/h2-10H,11H2,1H3,(H2,22,25)(H,23,26,29)/b16-10-. The third-order valence-corrected chi connectivity index (χ3v) is 4.20. The molecular formula is C21H17N3O7. The lowest BCUT2D eigenvalue weighted by Gasteiger charge is -2.26. The number of ether oxygens (including phenoxy) is 2. The van der Waals surface area contributed by atoms with Gasteiger partial charge in [-0.15, -0.1) is 0 Å². The zero-order valence-corrected chi connectivity index (χ0v) is 16.3. The average Bonchev–Trinajstić information content (AvgIpc) is 2.75. The molecule has 0 aliphatic carbocycles. The summed E-state index contributed by atoms with van der Waals surface area (Å²) in [5, 5.41) is 2.11. The number of methoxy groups -OCH3 is 1. The number of nitrogens with one attached hydrogen (secondary N) is 1. The summed E-state index contributed by atoms with van der Waals surface area (Å²) in [5.74, 6) is -2.62. The molecule has 2 aromatic carbocycles. The molecule has 0 bridgehead atoms. The van der Waals surface area contributed by atoms with Crippen molar-refractivity contribution < 1.29 is 33.4 Å². The average molecular weight is 423 g/mol. The molecule has 31 heavy (non-hydrogen) atoms. The minimum absolute atomic E-state index is 0.159. The van der Waals surface area contributed by atoms with Crippen molar-refractivity contribution in [3.63, 3.8) is 0 Å². The van der Waals surface area contributed by atoms with E-state index in [1.807, 2.05) is 0 Å². The van der Waals surface area contributed by atoms with Crippen LogP contribution in [0.4, 0.5) is 10.5 Å². The van der Waals surface area contributed by atoms with Gasteiger partial charge < -0.3 is 15.2 Å². The van der Waals surface area contributed by atoms with Crippen molar-refractivity contribution in [2.45, 2.75) is 0 Å². The number of nitrogens with two attached hydrogens (primary N) is 1. The molecule has 1 aliphatic heterocycles. The topological polar surface area (TPSA) is 145 Å². The van der Waals surface area contributed by atoms with Gasteiger partial charge in [-0.1, -0.05) is 12.1 Å². The first-order chi connectivity index (χ1) is 14.8. The molecule has 0 aromatic heterocycles. The first-order valence-corrected chi connectivity index (χ1v) is 8.91. The highest BCUT2D eigenvalue weighted by Crippen LogP contribution is 2.23. The molecule has 1 aliphatic rings. The van der Waals surface area contributed by atoms with E-state index in [4.69, 9.17) is 10.5 Å². The number of imide groups is 2. The summed E-state index contributed by atoms with van der Waals surface area (Å²) in [4.78, 5) is 60.7. The number of amides is 5. The Morgan fingerprint density at radius 1 is 1.10 bits per heavy atom. The van der Waals surface area contributed by atoms with E-state index < -0.39 is 29.7 Å². The van der Waals surface area contributed by atoms with Gasteiger partial charge in [0.25, 0.3) is 17.7 Å². The van der Waals surface area contributed by atoms with Crippen molar-refractivity contribution in [1.29, 1.82) is 0 Å². The fourth-order valence-corrected chi connectivity index (χ4v) is 2.77. The smallest absolute Gasteiger partial charge is 0.337 e. The van der Waals surface area contributed by atoms with Crippen molar-refractivity contribution in [2.75, 3.05) is 18.6 Å². The number of primary amides is 1. The molecule has 0 spiro atoms. The maximum Gasteiger partial charge on any atom is 0.337 e. The van der Waals surface area contributed by atoms with Crippen molar-refractivity contribution in [1.82, 2.24) is 5.32 Å². The number of hydrogen-bond donors (Lipinski definition) is 2. The summed E-state index contributed by atoms with van der Waals surface area (Å²) < 4.78 is 9.82. The summed E-state index contributed by atoms with van der Waals surface area (Å²) in [7, 11) is 1.23. The maximum atomic E-state index is 12.9. The summed E-state index contributed by atoms with van der Waals surface area (Å²) in [6, 6.07) is 10.9. The Morgan fingerprint density at radius 3 is 2.45 bits per heavy atom. The molecule has 3 N–H and O–H groups in total. The second-order valence-corrected chi connectivity index (χ2v) is 6.32. The van der Waals surface area contributed by atoms with Crippen molar-refractivity contribution in [3.05, 3.63) is 65.2 Å². The molecule has 0 saturated carbocycles. The highest BCUT2D eigenvalue weighted by Gasteiger charge is 2.36. The summed E-state index contributed by atoms with van der Waals surface area (Å²) in [5.41, 5.74) is 5.57. The fraction of sp³-hybridized carbons (Fsp3) is 0.0952. The Kier molecular flexibility index (Phi) is 6.10. The Bertz CT molecular complexity index is 1110. The first-order valence-electron chi connectivity index (χ1n) is 8.91. The van der Waals surface area contributed by atoms with E-state index in [0.717, 1.165) is 4.90 Å². The van der Waals surface area contributed by atoms with Gasteiger partial charge in [0.1, 0.15) is 11.3 Å². The lowest BCUT2D eigenvalue weighted by molar-refractivity contribution is -0.123. The minimum atomic E-state index is -0.920. The number of anilines is 1. The molecule has 10 nitrogen and oxygen atoms in total. The number of esters is 1. The molecule has 1 heterocycles. The van der Waals surface area contributed by atoms with Crippen LogP contribution in [-0.4, -0.2) is 43.4 Å². The lowest BCUT2D eigenvalue weighted by atomic mass is 10.1. The monoisotopic (exact) mass is 423 g/mol. The van der Waals surface area contributed by atoms with Crippen LogP contribution in [0.1, 0.15) is 15.9 Å². The minimum Gasteiger partial charge on any atom is -0.484 e. The van der Waals surface area contributed by atoms with Crippen LogP contribution >= 0.6 is 0 Å². The zero-order chi connectivity index (χ0) is 22.5. The Hall–Kier alpha value is -4.47. The first kappa shape index (κ1) is 21.2. The third kappa shape index (κ3) is 4.75. The number of rotatable bonds is 6. The highest BCUT2D eigenvalue weighted by atomic mass is 16.5. The molecule has 0 unspecified atom stereocenters. The summed E-state index contributed by atoms with van der Waals surface area (Å²) in [6.07, 6.45) is 1.29. The number of nitrogens with zero attached hydrogens (tertiary/aromatic N) is 1. The van der Waals surface area contributed by atoms with Gasteiger partial charge in [-0.25, -0.2) is 14.5 Å². The Morgan fingerprint density at radius 2 is 1.81 bits per heavy atom. The van der Waals surface area contributed by atoms with Gasteiger partial charge in [0.2, 0.25) is 0 Å². The van der Waals surface area contributed by atoms with E-state index >= 15 is 0 Å². The molecule has 10 heteroatoms. The summed E-state index contributed by atoms with van der Waals surface area (Å²) >= 11 is 0. The molecule has 158 valence electrons. The van der Waals surface area contributed by atoms with Crippen LogP contribution in [0.3, 0.4) is 0 Å². The van der Waals surface area contributed by atoms with Gasteiger partial charge >= 0.3 is 12.0 Å². The molecular weight excluding hydrogens is 406 g/mol. The molecule has 0 atom stereocenters. The van der Waals surface area contributed by atoms with E-state index in [2.05, 4.69) is 10.1 Å². The van der Waals surface area contributed by atoms with Gasteiger partial charge in [-0.05, 0) is 48.0 Å². The van der Waals surface area contributed by atoms with E-state index in [-0.39, 0.29) is 23.4 Å². The van der Waals surface area contributed by atoms with E-state index in [1.165, 1.54) is 43.5 Å². The quantitative estimate of drug-likeness (QED) is 0.400. The van der Waals surface area contributed by atoms with E-state index in [1.54, 1.807) is 18.2 Å². The number of carbonyl (C=O) groups is 5. The van der Waals surface area contributed by atoms with Crippen LogP contribution in [0.5, 0.6) is 5.75 Å². The van der Waals surface area contributed by atoms with Crippen molar-refractivity contribution in [3.8, 4) is 5.75 Å². The number of benzene rings is 2. The van der Waals surface area contributed by atoms with E-state index in [0.29, 0.717) is 11.3 Å². The van der Waals surface area contributed by atoms with Crippen LogP contribution in [0.25, 0.3) is 6.08 Å². The van der Waals surface area contributed by atoms with Gasteiger partial charge in [0, 0.05) is 0 Å². The number of barbiturate groups is 1. The van der Waals surface area contributed by atoms with Crippen LogP contribution in [0, 0.1) is 0 Å². The van der Waals surface area contributed by atoms with Crippen LogP contribution < -0.4 is 20.7 Å². The fourth-order valence-electron chi connectivity index (χ4n) is 2.77. The van der Waals surface area contributed by atoms with E-state index in [9.17, 15) is 24.0 Å². The van der Waals surface area contributed by atoms with Crippen LogP contribution in [0.15, 0.2) is 54.1 Å². The van der Waals surface area contributed by atoms with Gasteiger partial charge in [0.05, 0.1) is 18.4 Å². The Labute approximate surface area is 176 Å². The second kappa shape index (κ2) is 8.91. The molecule has 3 rings (SSSR count). The van der Waals surface area contributed by atoms with Crippen molar-refractivity contribution >= 4 is 41.5 Å². The van der Waals surface area contributed by atoms with Crippen molar-refractivity contribution in [2.24, 2.45) is 5.73 Å². The second-order valence-electron chi connectivity index (χ2n) is 6.32. The largest absolute Gasteiger partial charge is 0.484 e. The lowest BCUT2D eigenvalue weighted by Crippen LogP contribution is -2.54. The van der Waals surface area contributed by atoms with Gasteiger partial charge in [-0.3, -0.25) is 19.7 Å². The van der Waals surface area contributed by atoms with Gasteiger partial charge in [0.15, 0.2) is 6.61 Å². The number of urea groups is 1. The Balaban J connectivity index is 1.90. The third-order valence-electron chi connectivity index (χ3n) is 4.20. The zero-order valence-electron chi connectivity index (χ0n) is 16.3. The normalized spacial score (nSPS) is 14.9. The maximum absolute atomic E-state index is 12.9. The molecule has 1 saturated heterocycles. The predicted molar refractivity (Wildman–Crippen MR) is 108 cm³/mol. The predicted octanol–water partition coefficient (Wildman–Crippen LogP) is 1.00. The van der Waals surface area contributed by atoms with Crippen LogP contribution in [0.2, 0.25) is 0 Å². The van der Waals surface area contributed by atoms with Crippen LogP contribution in [-0.2, 0) is 19.1 Å². The molecule has 2 aromatic rings.